The second-order valence-corrected chi connectivity index (χ2v) is 4.37. The molecule has 2 unspecified atom stereocenters. The Morgan fingerprint density at radius 2 is 2.12 bits per heavy atom. The number of benzene rings is 1. The third-order valence-corrected chi connectivity index (χ3v) is 2.96. The van der Waals surface area contributed by atoms with Crippen LogP contribution in [0.25, 0.3) is 0 Å². The smallest absolute Gasteiger partial charge is 0.253 e. The first kappa shape index (κ1) is 11.0. The lowest BCUT2D eigenvalue weighted by molar-refractivity contribution is 0.0950. The van der Waals surface area contributed by atoms with E-state index in [0.717, 1.165) is 24.2 Å². The Labute approximate surface area is 96.2 Å². The minimum absolute atomic E-state index is 0.0332. The van der Waals surface area contributed by atoms with Gasteiger partial charge in [0, 0.05) is 18.3 Å². The summed E-state index contributed by atoms with van der Waals surface area (Å²) in [5, 5.41) is 6.24. The molecule has 1 fully saturated rings. The van der Waals surface area contributed by atoms with Crippen LogP contribution in [0, 0.1) is 5.92 Å². The first-order valence-electron chi connectivity index (χ1n) is 5.86. The van der Waals surface area contributed by atoms with E-state index in [9.17, 15) is 4.79 Å². The van der Waals surface area contributed by atoms with Crippen LogP contribution in [0.3, 0.4) is 0 Å². The van der Waals surface area contributed by atoms with E-state index < -0.39 is 0 Å². The molecule has 1 saturated carbocycles. The summed E-state index contributed by atoms with van der Waals surface area (Å²) in [6.07, 6.45) is 1.11. The van der Waals surface area contributed by atoms with Gasteiger partial charge in [-0.05, 0) is 31.4 Å². The highest BCUT2D eigenvalue weighted by molar-refractivity contribution is 5.99. The number of anilines is 1. The first-order valence-corrected chi connectivity index (χ1v) is 5.86. The Kier molecular flexibility index (Phi) is 3.13. The van der Waals surface area contributed by atoms with Crippen molar-refractivity contribution in [2.24, 2.45) is 5.92 Å². The van der Waals surface area contributed by atoms with Gasteiger partial charge in [-0.3, -0.25) is 4.79 Å². The fourth-order valence-electron chi connectivity index (χ4n) is 1.80. The van der Waals surface area contributed by atoms with Crippen LogP contribution in [-0.2, 0) is 0 Å². The van der Waals surface area contributed by atoms with Crippen LogP contribution in [0.5, 0.6) is 0 Å². The molecule has 2 atom stereocenters. The number of hydrogen-bond donors (Lipinski definition) is 2. The van der Waals surface area contributed by atoms with Gasteiger partial charge in [0.2, 0.25) is 0 Å². The van der Waals surface area contributed by atoms with Gasteiger partial charge in [0.1, 0.15) is 0 Å². The lowest BCUT2D eigenvalue weighted by Crippen LogP contribution is -2.27. The molecule has 1 aromatic carbocycles. The summed E-state index contributed by atoms with van der Waals surface area (Å²) in [4.78, 5) is 12.0. The van der Waals surface area contributed by atoms with Gasteiger partial charge < -0.3 is 10.6 Å². The second kappa shape index (κ2) is 4.56. The molecule has 2 rings (SSSR count). The summed E-state index contributed by atoms with van der Waals surface area (Å²) in [5.41, 5.74) is 1.65. The highest BCUT2D eigenvalue weighted by Gasteiger charge is 2.34. The number of nitrogens with one attached hydrogen (secondary N) is 2. The van der Waals surface area contributed by atoms with Crippen LogP contribution in [0.4, 0.5) is 5.69 Å². The Balaban J connectivity index is 2.09. The minimum Gasteiger partial charge on any atom is -0.385 e. The fourth-order valence-corrected chi connectivity index (χ4v) is 1.80. The van der Waals surface area contributed by atoms with Crippen LogP contribution < -0.4 is 10.6 Å². The Bertz CT molecular complexity index is 389. The van der Waals surface area contributed by atoms with Crippen molar-refractivity contribution in [3.8, 4) is 0 Å². The minimum atomic E-state index is 0.0332. The van der Waals surface area contributed by atoms with Crippen LogP contribution in [0.2, 0.25) is 0 Å². The van der Waals surface area contributed by atoms with Crippen LogP contribution >= 0.6 is 0 Å². The van der Waals surface area contributed by atoms with E-state index >= 15 is 0 Å². The van der Waals surface area contributed by atoms with Gasteiger partial charge in [-0.1, -0.05) is 19.1 Å². The Hall–Kier alpha value is -1.51. The van der Waals surface area contributed by atoms with Crippen molar-refractivity contribution in [1.82, 2.24) is 5.32 Å². The van der Waals surface area contributed by atoms with E-state index in [4.69, 9.17) is 0 Å². The van der Waals surface area contributed by atoms with Gasteiger partial charge >= 0.3 is 0 Å². The largest absolute Gasteiger partial charge is 0.385 e. The molecular formula is C13H18N2O. The van der Waals surface area contributed by atoms with E-state index in [0.29, 0.717) is 12.0 Å². The summed E-state index contributed by atoms with van der Waals surface area (Å²) in [6, 6.07) is 8.01. The molecule has 0 spiro atoms. The number of para-hydroxylation sites is 1. The van der Waals surface area contributed by atoms with Crippen LogP contribution in [0.15, 0.2) is 24.3 Å². The van der Waals surface area contributed by atoms with Crippen molar-refractivity contribution in [1.29, 1.82) is 0 Å². The lowest BCUT2D eigenvalue weighted by Gasteiger charge is -2.10. The van der Waals surface area contributed by atoms with Gasteiger partial charge in [0.05, 0.1) is 5.56 Å². The highest BCUT2D eigenvalue weighted by atomic mass is 16.1. The topological polar surface area (TPSA) is 41.1 Å². The number of hydrogen-bond acceptors (Lipinski definition) is 2. The van der Waals surface area contributed by atoms with E-state index in [1.807, 2.05) is 31.2 Å². The Morgan fingerprint density at radius 1 is 1.44 bits per heavy atom. The molecule has 3 heteroatoms. The van der Waals surface area contributed by atoms with E-state index in [-0.39, 0.29) is 5.91 Å². The molecule has 16 heavy (non-hydrogen) atoms. The fraction of sp³-hybridized carbons (Fsp3) is 0.462. The van der Waals surface area contributed by atoms with Gasteiger partial charge in [-0.25, -0.2) is 0 Å². The number of carbonyl (C=O) groups is 1. The molecule has 0 radical (unpaired) electrons. The summed E-state index contributed by atoms with van der Waals surface area (Å²) < 4.78 is 0. The molecule has 1 aromatic rings. The maximum atomic E-state index is 12.0. The van der Waals surface area contributed by atoms with E-state index in [1.54, 1.807) is 0 Å². The monoisotopic (exact) mass is 218 g/mol. The SMILES string of the molecule is CCNc1ccccc1C(=O)NC1CC1C. The molecule has 0 heterocycles. The van der Waals surface area contributed by atoms with Gasteiger partial charge in [0.25, 0.3) is 5.91 Å². The standard InChI is InChI=1S/C13H18N2O/c1-3-14-11-7-5-4-6-10(11)13(16)15-12-8-9(12)2/h4-7,9,12,14H,3,8H2,1-2H3,(H,15,16). The first-order chi connectivity index (χ1) is 7.72. The molecule has 86 valence electrons. The number of amides is 1. The quantitative estimate of drug-likeness (QED) is 0.814. The predicted octanol–water partition coefficient (Wildman–Crippen LogP) is 2.26. The zero-order chi connectivity index (χ0) is 11.5. The van der Waals surface area contributed by atoms with Crippen LogP contribution in [-0.4, -0.2) is 18.5 Å². The van der Waals surface area contributed by atoms with Crippen molar-refractivity contribution in [2.75, 3.05) is 11.9 Å². The summed E-state index contributed by atoms with van der Waals surface area (Å²) in [6.45, 7) is 5.00. The molecule has 3 nitrogen and oxygen atoms in total. The van der Waals surface area contributed by atoms with Gasteiger partial charge in [-0.2, -0.15) is 0 Å². The molecule has 2 N–H and O–H groups in total. The zero-order valence-corrected chi connectivity index (χ0v) is 9.79. The maximum absolute atomic E-state index is 12.0. The molecule has 1 aliphatic rings. The molecule has 0 aromatic heterocycles. The molecule has 1 amide bonds. The predicted molar refractivity (Wildman–Crippen MR) is 65.6 cm³/mol. The van der Waals surface area contributed by atoms with Crippen molar-refractivity contribution in [3.05, 3.63) is 29.8 Å². The lowest BCUT2D eigenvalue weighted by atomic mass is 10.1. The molecule has 1 aliphatic carbocycles. The maximum Gasteiger partial charge on any atom is 0.253 e. The molecule has 0 bridgehead atoms. The molecule has 0 saturated heterocycles. The zero-order valence-electron chi connectivity index (χ0n) is 9.79. The van der Waals surface area contributed by atoms with E-state index in [1.165, 1.54) is 0 Å². The molecular weight excluding hydrogens is 200 g/mol. The van der Waals surface area contributed by atoms with Crippen LogP contribution in [0.1, 0.15) is 30.6 Å². The van der Waals surface area contributed by atoms with Crippen molar-refractivity contribution in [2.45, 2.75) is 26.3 Å². The summed E-state index contributed by atoms with van der Waals surface area (Å²) in [5.74, 6) is 0.668. The normalized spacial score (nSPS) is 22.6. The van der Waals surface area contributed by atoms with Gasteiger partial charge in [-0.15, -0.1) is 0 Å². The van der Waals surface area contributed by atoms with Crippen molar-refractivity contribution >= 4 is 11.6 Å². The van der Waals surface area contributed by atoms with Crippen molar-refractivity contribution < 1.29 is 4.79 Å². The summed E-state index contributed by atoms with van der Waals surface area (Å²) >= 11 is 0. The van der Waals surface area contributed by atoms with E-state index in [2.05, 4.69) is 17.6 Å². The second-order valence-electron chi connectivity index (χ2n) is 4.37. The third-order valence-electron chi connectivity index (χ3n) is 2.96. The summed E-state index contributed by atoms with van der Waals surface area (Å²) in [7, 11) is 0. The average Bonchev–Trinajstić information content (AvgIpc) is 2.95. The van der Waals surface area contributed by atoms with Gasteiger partial charge in [0.15, 0.2) is 0 Å². The number of carbonyl (C=O) groups excluding carboxylic acids is 1. The third kappa shape index (κ3) is 2.35. The van der Waals surface area contributed by atoms with Crippen molar-refractivity contribution in [3.63, 3.8) is 0 Å². The average molecular weight is 218 g/mol. The molecule has 0 aliphatic heterocycles. The Morgan fingerprint density at radius 3 is 2.75 bits per heavy atom. The highest BCUT2D eigenvalue weighted by Crippen LogP contribution is 2.29. The number of rotatable bonds is 4.